The summed E-state index contributed by atoms with van der Waals surface area (Å²) in [5.74, 6) is -1.18. The first-order valence-corrected chi connectivity index (χ1v) is 6.66. The van der Waals surface area contributed by atoms with Crippen molar-refractivity contribution < 1.29 is 22.4 Å². The molecule has 2 rings (SSSR count). The van der Waals surface area contributed by atoms with Crippen molar-refractivity contribution in [1.82, 2.24) is 9.78 Å². The zero-order valence-corrected chi connectivity index (χ0v) is 12.4. The number of hydrogen-bond acceptors (Lipinski definition) is 2. The zero-order valence-electron chi connectivity index (χ0n) is 12.4. The maximum atomic E-state index is 13.0. The molecule has 0 saturated heterocycles. The molecule has 22 heavy (non-hydrogen) atoms. The standard InChI is InChI=1S/C13H10F4N2O.C2H6/c1-8(20)10-5-18-19(7-10)6-9-2-3-11(14)4-12(9)13(15,16)17;1-2/h2-5,7H,6H2,1H3;1-2H3. The molecule has 0 spiro atoms. The number of aromatic nitrogens is 2. The summed E-state index contributed by atoms with van der Waals surface area (Å²) in [4.78, 5) is 11.1. The number of benzene rings is 1. The summed E-state index contributed by atoms with van der Waals surface area (Å²) in [6, 6.07) is 2.47. The molecule has 0 saturated carbocycles. The molecule has 120 valence electrons. The largest absolute Gasteiger partial charge is 0.416 e. The van der Waals surface area contributed by atoms with Gasteiger partial charge in [-0.15, -0.1) is 0 Å². The first kappa shape index (κ1) is 17.9. The van der Waals surface area contributed by atoms with E-state index in [9.17, 15) is 22.4 Å². The minimum atomic E-state index is -4.64. The highest BCUT2D eigenvalue weighted by atomic mass is 19.4. The molecule has 0 aliphatic heterocycles. The van der Waals surface area contributed by atoms with E-state index in [1.807, 2.05) is 13.8 Å². The molecule has 1 heterocycles. The number of Topliss-reactive ketones (excluding diaryl/α,β-unsaturated/α-hetero) is 1. The second-order valence-corrected chi connectivity index (χ2v) is 4.28. The lowest BCUT2D eigenvalue weighted by molar-refractivity contribution is -0.138. The van der Waals surface area contributed by atoms with Gasteiger partial charge in [-0.25, -0.2) is 4.39 Å². The van der Waals surface area contributed by atoms with Gasteiger partial charge in [-0.2, -0.15) is 18.3 Å². The summed E-state index contributed by atoms with van der Waals surface area (Å²) in [6.07, 6.45) is -2.01. The van der Waals surface area contributed by atoms with Crippen LogP contribution in [0.25, 0.3) is 0 Å². The highest BCUT2D eigenvalue weighted by molar-refractivity contribution is 5.93. The van der Waals surface area contributed by atoms with Crippen molar-refractivity contribution in [3.63, 3.8) is 0 Å². The molecule has 0 N–H and O–H groups in total. The molecule has 0 radical (unpaired) electrons. The van der Waals surface area contributed by atoms with Crippen LogP contribution in [0.15, 0.2) is 30.6 Å². The fourth-order valence-electron chi connectivity index (χ4n) is 1.76. The molecule has 2 aromatic rings. The van der Waals surface area contributed by atoms with Gasteiger partial charge in [0.2, 0.25) is 0 Å². The van der Waals surface area contributed by atoms with Crippen LogP contribution in [0.5, 0.6) is 0 Å². The summed E-state index contributed by atoms with van der Waals surface area (Å²) in [6.45, 7) is 5.14. The summed E-state index contributed by atoms with van der Waals surface area (Å²) in [7, 11) is 0. The van der Waals surface area contributed by atoms with Crippen molar-refractivity contribution in [3.05, 3.63) is 53.1 Å². The Hall–Kier alpha value is -2.18. The molecule has 3 nitrogen and oxygen atoms in total. The number of rotatable bonds is 3. The smallest absolute Gasteiger partial charge is 0.294 e. The predicted molar refractivity (Wildman–Crippen MR) is 74.1 cm³/mol. The third-order valence-corrected chi connectivity index (χ3v) is 2.75. The second kappa shape index (κ2) is 7.20. The van der Waals surface area contributed by atoms with Gasteiger partial charge in [0, 0.05) is 6.20 Å². The van der Waals surface area contributed by atoms with Crippen molar-refractivity contribution in [2.24, 2.45) is 0 Å². The number of carbonyl (C=O) groups is 1. The fraction of sp³-hybridized carbons (Fsp3) is 0.333. The van der Waals surface area contributed by atoms with Crippen LogP contribution >= 0.6 is 0 Å². The van der Waals surface area contributed by atoms with Crippen LogP contribution in [0.1, 0.15) is 42.3 Å². The van der Waals surface area contributed by atoms with Crippen LogP contribution in [0.2, 0.25) is 0 Å². The van der Waals surface area contributed by atoms with E-state index in [2.05, 4.69) is 5.10 Å². The molecule has 0 fully saturated rings. The van der Waals surface area contributed by atoms with E-state index in [1.165, 1.54) is 24.0 Å². The zero-order chi connectivity index (χ0) is 16.9. The topological polar surface area (TPSA) is 34.9 Å². The van der Waals surface area contributed by atoms with E-state index < -0.39 is 17.6 Å². The molecule has 0 bridgehead atoms. The third-order valence-electron chi connectivity index (χ3n) is 2.75. The van der Waals surface area contributed by atoms with E-state index in [0.717, 1.165) is 12.1 Å². The fourth-order valence-corrected chi connectivity index (χ4v) is 1.76. The molecule has 0 aliphatic carbocycles. The highest BCUT2D eigenvalue weighted by Crippen LogP contribution is 2.32. The van der Waals surface area contributed by atoms with Crippen molar-refractivity contribution in [2.75, 3.05) is 0 Å². The lowest BCUT2D eigenvalue weighted by Crippen LogP contribution is -2.12. The van der Waals surface area contributed by atoms with Gasteiger partial charge in [-0.1, -0.05) is 19.9 Å². The lowest BCUT2D eigenvalue weighted by Gasteiger charge is -2.12. The monoisotopic (exact) mass is 316 g/mol. The van der Waals surface area contributed by atoms with Crippen molar-refractivity contribution in [2.45, 2.75) is 33.5 Å². The van der Waals surface area contributed by atoms with Crippen LogP contribution in [0.4, 0.5) is 17.6 Å². The Morgan fingerprint density at radius 2 is 1.91 bits per heavy atom. The molecule has 1 aromatic heterocycles. The summed E-state index contributed by atoms with van der Waals surface area (Å²) in [5, 5.41) is 3.81. The first-order chi connectivity index (χ1) is 10.3. The summed E-state index contributed by atoms with van der Waals surface area (Å²) >= 11 is 0. The quantitative estimate of drug-likeness (QED) is 0.624. The maximum Gasteiger partial charge on any atom is 0.416 e. The molecular weight excluding hydrogens is 300 g/mol. The van der Waals surface area contributed by atoms with Crippen molar-refractivity contribution in [1.29, 1.82) is 0 Å². The number of nitrogens with zero attached hydrogens (tertiary/aromatic N) is 2. The third kappa shape index (κ3) is 4.41. The van der Waals surface area contributed by atoms with E-state index in [1.54, 1.807) is 0 Å². The van der Waals surface area contributed by atoms with E-state index >= 15 is 0 Å². The number of hydrogen-bond donors (Lipinski definition) is 0. The number of alkyl halides is 3. The number of ketones is 1. The molecule has 0 amide bonds. The molecule has 0 aliphatic rings. The SMILES string of the molecule is CC.CC(=O)c1cnn(Cc2ccc(F)cc2C(F)(F)F)c1. The van der Waals surface area contributed by atoms with E-state index in [4.69, 9.17) is 0 Å². The number of carbonyl (C=O) groups excluding carboxylic acids is 1. The Labute approximate surface area is 125 Å². The van der Waals surface area contributed by atoms with Crippen molar-refractivity contribution in [3.8, 4) is 0 Å². The average Bonchev–Trinajstić information content (AvgIpc) is 2.91. The molecule has 0 unspecified atom stereocenters. The minimum Gasteiger partial charge on any atom is -0.294 e. The normalized spacial score (nSPS) is 10.9. The van der Waals surface area contributed by atoms with E-state index in [0.29, 0.717) is 11.6 Å². The van der Waals surface area contributed by atoms with Gasteiger partial charge >= 0.3 is 6.18 Å². The predicted octanol–water partition coefficient (Wildman–Crippen LogP) is 4.32. The Bertz CT molecular complexity index is 647. The van der Waals surface area contributed by atoms with E-state index in [-0.39, 0.29) is 17.9 Å². The molecule has 1 aromatic carbocycles. The minimum absolute atomic E-state index is 0.114. The van der Waals surface area contributed by atoms with Crippen LogP contribution < -0.4 is 0 Å². The van der Waals surface area contributed by atoms with Crippen LogP contribution in [-0.2, 0) is 12.7 Å². The Morgan fingerprint density at radius 3 is 2.41 bits per heavy atom. The van der Waals surface area contributed by atoms with Gasteiger partial charge in [0.1, 0.15) is 5.82 Å². The molecule has 7 heteroatoms. The Morgan fingerprint density at radius 1 is 1.27 bits per heavy atom. The highest BCUT2D eigenvalue weighted by Gasteiger charge is 2.33. The summed E-state index contributed by atoms with van der Waals surface area (Å²) < 4.78 is 52.6. The Balaban J connectivity index is 0.00000116. The number of halogens is 4. The first-order valence-electron chi connectivity index (χ1n) is 6.66. The molecular formula is C15H16F4N2O. The van der Waals surface area contributed by atoms with Gasteiger partial charge < -0.3 is 0 Å². The van der Waals surface area contributed by atoms with Gasteiger partial charge in [0.15, 0.2) is 5.78 Å². The summed E-state index contributed by atoms with van der Waals surface area (Å²) in [5.41, 5.74) is -0.852. The van der Waals surface area contributed by atoms with Gasteiger partial charge in [0.25, 0.3) is 0 Å². The second-order valence-electron chi connectivity index (χ2n) is 4.28. The lowest BCUT2D eigenvalue weighted by atomic mass is 10.1. The van der Waals surface area contributed by atoms with Crippen molar-refractivity contribution >= 4 is 5.78 Å². The van der Waals surface area contributed by atoms with Crippen LogP contribution in [-0.4, -0.2) is 15.6 Å². The van der Waals surface area contributed by atoms with Gasteiger partial charge in [-0.05, 0) is 24.6 Å². The van der Waals surface area contributed by atoms with Crippen LogP contribution in [0, 0.1) is 5.82 Å². The van der Waals surface area contributed by atoms with Gasteiger partial charge in [0.05, 0.1) is 23.9 Å². The average molecular weight is 316 g/mol. The Kier molecular flexibility index (Phi) is 5.84. The maximum absolute atomic E-state index is 13.0. The van der Waals surface area contributed by atoms with Crippen LogP contribution in [0.3, 0.4) is 0 Å². The van der Waals surface area contributed by atoms with Gasteiger partial charge in [-0.3, -0.25) is 9.48 Å². The molecule has 0 atom stereocenters.